The second-order valence-electron chi connectivity index (χ2n) is 32.7. The first-order valence-corrected chi connectivity index (χ1v) is 49.0. The Labute approximate surface area is 664 Å². The number of carbonyl (C=O) groups is 4. The highest BCUT2D eigenvalue weighted by Crippen LogP contribution is 2.45. The van der Waals surface area contributed by atoms with Crippen LogP contribution in [0.5, 0.6) is 0 Å². The van der Waals surface area contributed by atoms with E-state index < -0.39 is 97.5 Å². The number of aliphatic hydroxyl groups excluding tert-OH is 1. The fourth-order valence-corrected chi connectivity index (χ4v) is 15.5. The maximum Gasteiger partial charge on any atom is 0.472 e. The van der Waals surface area contributed by atoms with Crippen LogP contribution in [-0.2, 0) is 65.4 Å². The smallest absolute Gasteiger partial charge is 0.462 e. The van der Waals surface area contributed by atoms with Gasteiger partial charge in [0.05, 0.1) is 26.4 Å². The molecule has 0 amide bonds. The van der Waals surface area contributed by atoms with Crippen LogP contribution in [0.1, 0.15) is 478 Å². The molecule has 0 aromatic carbocycles. The highest BCUT2D eigenvalue weighted by Gasteiger charge is 2.31. The van der Waals surface area contributed by atoms with Gasteiger partial charge in [-0.3, -0.25) is 37.3 Å². The van der Waals surface area contributed by atoms with Crippen molar-refractivity contribution < 1.29 is 80.2 Å². The summed E-state index contributed by atoms with van der Waals surface area (Å²) in [7, 11) is -9.93. The molecule has 0 saturated carbocycles. The number of carbonyl (C=O) groups excluding carboxylic acids is 4. The molecule has 0 radical (unpaired) electrons. The van der Waals surface area contributed by atoms with Crippen molar-refractivity contribution in [3.8, 4) is 0 Å². The summed E-state index contributed by atoms with van der Waals surface area (Å²) >= 11 is 0. The molecule has 17 nitrogen and oxygen atoms in total. The van der Waals surface area contributed by atoms with Crippen molar-refractivity contribution in [2.45, 2.75) is 496 Å². The molecule has 0 bridgehead atoms. The molecule has 0 aromatic rings. The Morgan fingerprint density at radius 1 is 0.269 bits per heavy atom. The zero-order valence-corrected chi connectivity index (χ0v) is 73.0. The quantitative estimate of drug-likeness (QED) is 0.0222. The Morgan fingerprint density at radius 3 is 0.704 bits per heavy atom. The van der Waals surface area contributed by atoms with Gasteiger partial charge in [0.1, 0.15) is 19.3 Å². The fourth-order valence-electron chi connectivity index (χ4n) is 13.9. The van der Waals surface area contributed by atoms with Gasteiger partial charge in [0.15, 0.2) is 12.2 Å². The molecule has 6 atom stereocenters. The van der Waals surface area contributed by atoms with Crippen LogP contribution in [0.3, 0.4) is 0 Å². The number of hydrogen-bond donors (Lipinski definition) is 3. The van der Waals surface area contributed by atoms with E-state index >= 15 is 0 Å². The largest absolute Gasteiger partial charge is 0.472 e. The second-order valence-corrected chi connectivity index (χ2v) is 35.6. The molecule has 0 heterocycles. The van der Waals surface area contributed by atoms with Gasteiger partial charge in [-0.05, 0) is 37.5 Å². The normalized spacial score (nSPS) is 14.0. The van der Waals surface area contributed by atoms with E-state index in [1.807, 2.05) is 0 Å². The van der Waals surface area contributed by atoms with E-state index in [0.717, 1.165) is 102 Å². The van der Waals surface area contributed by atoms with Gasteiger partial charge in [0.25, 0.3) is 0 Å². The summed E-state index contributed by atoms with van der Waals surface area (Å²) in [5, 5.41) is 10.7. The van der Waals surface area contributed by atoms with Gasteiger partial charge in [0, 0.05) is 25.7 Å². The monoisotopic (exact) mass is 1580 g/mol. The van der Waals surface area contributed by atoms with E-state index in [1.54, 1.807) is 0 Å². The lowest BCUT2D eigenvalue weighted by atomic mass is 9.99. The van der Waals surface area contributed by atoms with Crippen LogP contribution in [0.4, 0.5) is 0 Å². The maximum atomic E-state index is 13.2. The van der Waals surface area contributed by atoms with E-state index in [-0.39, 0.29) is 25.7 Å². The molecule has 0 aliphatic rings. The molecule has 0 aromatic heterocycles. The van der Waals surface area contributed by atoms with Crippen LogP contribution >= 0.6 is 15.6 Å². The predicted octanol–water partition coefficient (Wildman–Crippen LogP) is 27.4. The molecular formula is C89H174O17P2. The van der Waals surface area contributed by atoms with Crippen LogP contribution in [0, 0.1) is 11.8 Å². The molecular weight excluding hydrogens is 1400 g/mol. The predicted molar refractivity (Wildman–Crippen MR) is 446 cm³/mol. The van der Waals surface area contributed by atoms with Gasteiger partial charge in [0.2, 0.25) is 0 Å². The van der Waals surface area contributed by atoms with Gasteiger partial charge in [-0.2, -0.15) is 0 Å². The number of phosphoric ester groups is 2. The molecule has 108 heavy (non-hydrogen) atoms. The van der Waals surface area contributed by atoms with E-state index in [9.17, 15) is 43.2 Å². The first kappa shape index (κ1) is 106. The highest BCUT2D eigenvalue weighted by molar-refractivity contribution is 7.47. The third-order valence-electron chi connectivity index (χ3n) is 21.3. The van der Waals surface area contributed by atoms with E-state index in [2.05, 4.69) is 41.5 Å². The van der Waals surface area contributed by atoms with Crippen LogP contribution < -0.4 is 0 Å². The number of rotatable bonds is 88. The van der Waals surface area contributed by atoms with Crippen molar-refractivity contribution in [3.05, 3.63) is 0 Å². The molecule has 642 valence electrons. The number of ether oxygens (including phenoxy) is 4. The molecule has 19 heteroatoms. The van der Waals surface area contributed by atoms with Crippen molar-refractivity contribution in [3.63, 3.8) is 0 Å². The van der Waals surface area contributed by atoms with E-state index in [0.29, 0.717) is 25.7 Å². The van der Waals surface area contributed by atoms with E-state index in [1.165, 1.54) is 295 Å². The maximum absolute atomic E-state index is 13.2. The summed E-state index contributed by atoms with van der Waals surface area (Å²) in [4.78, 5) is 73.3. The van der Waals surface area contributed by atoms with Crippen molar-refractivity contribution in [2.75, 3.05) is 39.6 Å². The van der Waals surface area contributed by atoms with Crippen LogP contribution in [0.2, 0.25) is 0 Å². The third-order valence-corrected chi connectivity index (χ3v) is 23.2. The summed E-state index contributed by atoms with van der Waals surface area (Å²) in [6.45, 7) is 9.67. The van der Waals surface area contributed by atoms with Crippen LogP contribution in [0.15, 0.2) is 0 Å². The van der Waals surface area contributed by atoms with Gasteiger partial charge in [-0.1, -0.05) is 427 Å². The third kappa shape index (κ3) is 80.7. The lowest BCUT2D eigenvalue weighted by Gasteiger charge is -2.21. The van der Waals surface area contributed by atoms with Gasteiger partial charge in [-0.25, -0.2) is 9.13 Å². The fraction of sp³-hybridized carbons (Fsp3) is 0.955. The number of esters is 4. The molecule has 0 rings (SSSR count). The Bertz CT molecular complexity index is 2070. The number of phosphoric acid groups is 2. The van der Waals surface area contributed by atoms with Crippen molar-refractivity contribution in [1.29, 1.82) is 0 Å². The molecule has 0 spiro atoms. The topological polar surface area (TPSA) is 237 Å². The summed E-state index contributed by atoms with van der Waals surface area (Å²) < 4.78 is 69.0. The number of unbranched alkanes of at least 4 members (excludes halogenated alkanes) is 57. The first-order valence-electron chi connectivity index (χ1n) is 46.0. The summed E-state index contributed by atoms with van der Waals surface area (Å²) in [6.07, 6.45) is 73.8. The zero-order chi connectivity index (χ0) is 79.2. The molecule has 0 aliphatic heterocycles. The molecule has 3 unspecified atom stereocenters. The SMILES string of the molecule is CCCCCCCCCCCCCCCCCCCCCCCCC(=O)O[C@H](COC(=O)CCCCCCCCCCCCCCCCCCCCCCC)COP(=O)(O)OC[C@@H](O)COP(=O)(O)OC[C@@H](COC(=O)CCCCCCCCCCC(C)C)OC(=O)CCCCCCCCCCCCC(C)CC. The first-order chi connectivity index (χ1) is 52.4. The number of hydrogen-bond acceptors (Lipinski definition) is 15. The lowest BCUT2D eigenvalue weighted by Crippen LogP contribution is -2.30. The van der Waals surface area contributed by atoms with Gasteiger partial charge >= 0.3 is 39.5 Å². The zero-order valence-electron chi connectivity index (χ0n) is 71.2. The van der Waals surface area contributed by atoms with Crippen molar-refractivity contribution in [2.24, 2.45) is 11.8 Å². The standard InChI is InChI=1S/C89H174O17P2/c1-7-10-12-14-16-18-20-22-24-26-28-30-32-34-36-38-40-42-47-55-61-67-73-88(93)105-84(77-99-86(91)71-65-59-53-46-41-39-37-35-33-31-29-27-25-23-21-19-17-15-13-11-8-2)79-103-107(95,96)101-75-83(90)76-102-108(97,98)104-80-85(78-100-87(92)72-66-60-54-50-49-51-57-63-69-81(4)5)106-89(94)74-68-62-56-48-44-43-45-52-58-64-70-82(6)9-3/h81-85,90H,7-80H2,1-6H3,(H,95,96)(H,97,98)/t82?,83-,84-,85-/m1/s1. The summed E-state index contributed by atoms with van der Waals surface area (Å²) in [5.41, 5.74) is 0. The minimum Gasteiger partial charge on any atom is -0.462 e. The number of aliphatic hydroxyl groups is 1. The molecule has 0 saturated heterocycles. The Morgan fingerprint density at radius 2 is 0.472 bits per heavy atom. The Balaban J connectivity index is 5.22. The second kappa shape index (κ2) is 80.3. The minimum absolute atomic E-state index is 0.106. The Kier molecular flexibility index (Phi) is 78.8. The van der Waals surface area contributed by atoms with E-state index in [4.69, 9.17) is 37.0 Å². The van der Waals surface area contributed by atoms with Crippen LogP contribution in [-0.4, -0.2) is 96.7 Å². The highest BCUT2D eigenvalue weighted by atomic mass is 31.2. The molecule has 3 N–H and O–H groups in total. The summed E-state index contributed by atoms with van der Waals surface area (Å²) in [6, 6.07) is 0. The Hall–Kier alpha value is -1.94. The summed E-state index contributed by atoms with van der Waals surface area (Å²) in [5.74, 6) is -0.573. The van der Waals surface area contributed by atoms with Crippen molar-refractivity contribution >= 4 is 39.5 Å². The molecule has 0 fully saturated rings. The average molecular weight is 1580 g/mol. The average Bonchev–Trinajstić information content (AvgIpc) is 0.899. The molecule has 0 aliphatic carbocycles. The lowest BCUT2D eigenvalue weighted by molar-refractivity contribution is -0.161. The van der Waals surface area contributed by atoms with Crippen molar-refractivity contribution in [1.82, 2.24) is 0 Å². The van der Waals surface area contributed by atoms with Crippen LogP contribution in [0.25, 0.3) is 0 Å². The minimum atomic E-state index is -4.97. The van der Waals surface area contributed by atoms with Gasteiger partial charge in [-0.15, -0.1) is 0 Å². The van der Waals surface area contributed by atoms with Gasteiger partial charge < -0.3 is 33.8 Å².